The van der Waals surface area contributed by atoms with Crippen molar-refractivity contribution in [2.24, 2.45) is 0 Å². The van der Waals surface area contributed by atoms with Gasteiger partial charge in [-0.2, -0.15) is 0 Å². The first-order chi connectivity index (χ1) is 8.20. The molecule has 1 unspecified atom stereocenters. The molecule has 2 N–H and O–H groups in total. The summed E-state index contributed by atoms with van der Waals surface area (Å²) in [6.45, 7) is 1.46. The van der Waals surface area contributed by atoms with E-state index in [2.05, 4.69) is 10.3 Å². The lowest BCUT2D eigenvalue weighted by Gasteiger charge is -2.32. The molecule has 92 valence electrons. The second-order valence-electron chi connectivity index (χ2n) is 4.31. The van der Waals surface area contributed by atoms with E-state index >= 15 is 0 Å². The van der Waals surface area contributed by atoms with Crippen LogP contribution >= 0.6 is 0 Å². The minimum Gasteiger partial charge on any atom is -0.336 e. The van der Waals surface area contributed by atoms with Gasteiger partial charge < -0.3 is 15.2 Å². The van der Waals surface area contributed by atoms with E-state index in [1.807, 2.05) is 7.05 Å². The smallest absolute Gasteiger partial charge is 0.270 e. The fourth-order valence-electron chi connectivity index (χ4n) is 2.14. The predicted octanol–water partition coefficient (Wildman–Crippen LogP) is 0.199. The number of likely N-dealkylation sites (tertiary alicyclic amines) is 1. The molecule has 1 aromatic rings. The summed E-state index contributed by atoms with van der Waals surface area (Å²) in [5.74, 6) is -0.0948. The number of aromatic amines is 1. The fraction of sp³-hybridized carbons (Fsp3) is 0.500. The number of nitrogens with zero attached hydrogens (tertiary/aromatic N) is 1. The first kappa shape index (κ1) is 11.9. The van der Waals surface area contributed by atoms with Gasteiger partial charge >= 0.3 is 0 Å². The molecular formula is C12H17N3O2. The number of amides is 1. The molecule has 2 heterocycles. The van der Waals surface area contributed by atoms with Gasteiger partial charge in [0.05, 0.1) is 0 Å². The molecule has 1 amide bonds. The highest BCUT2D eigenvalue weighted by molar-refractivity contribution is 5.92. The molecule has 1 aliphatic heterocycles. The molecule has 0 radical (unpaired) electrons. The summed E-state index contributed by atoms with van der Waals surface area (Å²) in [5, 5.41) is 3.19. The zero-order chi connectivity index (χ0) is 12.3. The van der Waals surface area contributed by atoms with Gasteiger partial charge in [-0.15, -0.1) is 0 Å². The highest BCUT2D eigenvalue weighted by Gasteiger charge is 2.23. The summed E-state index contributed by atoms with van der Waals surface area (Å²) in [4.78, 5) is 27.7. The Bertz CT molecular complexity index is 455. The van der Waals surface area contributed by atoms with Crippen molar-refractivity contribution in [2.45, 2.75) is 18.9 Å². The van der Waals surface area contributed by atoms with E-state index in [4.69, 9.17) is 0 Å². The van der Waals surface area contributed by atoms with E-state index in [1.54, 1.807) is 17.0 Å². The second kappa shape index (κ2) is 5.14. The van der Waals surface area contributed by atoms with Gasteiger partial charge in [0.2, 0.25) is 5.56 Å². The lowest BCUT2D eigenvalue weighted by molar-refractivity contribution is 0.0692. The van der Waals surface area contributed by atoms with Crippen LogP contribution in [0.1, 0.15) is 23.3 Å². The molecule has 2 rings (SSSR count). The van der Waals surface area contributed by atoms with Gasteiger partial charge in [-0.3, -0.25) is 9.59 Å². The zero-order valence-electron chi connectivity index (χ0n) is 9.90. The van der Waals surface area contributed by atoms with Crippen LogP contribution in [-0.4, -0.2) is 42.0 Å². The molecule has 1 aromatic heterocycles. The van der Waals surface area contributed by atoms with Gasteiger partial charge in [0.1, 0.15) is 5.69 Å². The van der Waals surface area contributed by atoms with Crippen molar-refractivity contribution in [3.63, 3.8) is 0 Å². The SMILES string of the molecule is CNC1CCCN(C(=O)c2cccc(=O)[nH]2)C1. The monoisotopic (exact) mass is 235 g/mol. The number of carbonyl (C=O) groups excluding carboxylic acids is 1. The molecule has 1 fully saturated rings. The quantitative estimate of drug-likeness (QED) is 0.769. The summed E-state index contributed by atoms with van der Waals surface area (Å²) < 4.78 is 0. The van der Waals surface area contributed by atoms with Crippen molar-refractivity contribution < 1.29 is 4.79 Å². The van der Waals surface area contributed by atoms with Crippen LogP contribution in [0, 0.1) is 0 Å². The van der Waals surface area contributed by atoms with Gasteiger partial charge in [0, 0.05) is 25.2 Å². The van der Waals surface area contributed by atoms with Crippen molar-refractivity contribution in [3.05, 3.63) is 34.2 Å². The van der Waals surface area contributed by atoms with Crippen LogP contribution in [0.15, 0.2) is 23.0 Å². The maximum Gasteiger partial charge on any atom is 0.270 e. The third-order valence-electron chi connectivity index (χ3n) is 3.12. The Kier molecular flexibility index (Phi) is 3.58. The first-order valence-corrected chi connectivity index (χ1v) is 5.86. The maximum atomic E-state index is 12.1. The van der Waals surface area contributed by atoms with Crippen LogP contribution in [-0.2, 0) is 0 Å². The van der Waals surface area contributed by atoms with Crippen LogP contribution in [0.4, 0.5) is 0 Å². The normalized spacial score (nSPS) is 20.3. The zero-order valence-corrected chi connectivity index (χ0v) is 9.90. The number of hydrogen-bond acceptors (Lipinski definition) is 3. The van der Waals surface area contributed by atoms with Crippen LogP contribution in [0.5, 0.6) is 0 Å². The largest absolute Gasteiger partial charge is 0.336 e. The lowest BCUT2D eigenvalue weighted by atomic mass is 10.1. The Morgan fingerprint density at radius 2 is 2.35 bits per heavy atom. The average Bonchev–Trinajstić information content (AvgIpc) is 2.38. The molecule has 1 saturated heterocycles. The number of piperidine rings is 1. The lowest BCUT2D eigenvalue weighted by Crippen LogP contribution is -2.47. The third kappa shape index (κ3) is 2.74. The first-order valence-electron chi connectivity index (χ1n) is 5.86. The molecule has 17 heavy (non-hydrogen) atoms. The van der Waals surface area contributed by atoms with Crippen LogP contribution in [0.2, 0.25) is 0 Å². The van der Waals surface area contributed by atoms with Crippen molar-refractivity contribution >= 4 is 5.91 Å². The molecular weight excluding hydrogens is 218 g/mol. The number of nitrogens with one attached hydrogen (secondary N) is 2. The Morgan fingerprint density at radius 3 is 3.06 bits per heavy atom. The number of likely N-dealkylation sites (N-methyl/N-ethyl adjacent to an activating group) is 1. The number of H-pyrrole nitrogens is 1. The second-order valence-corrected chi connectivity index (χ2v) is 4.31. The van der Waals surface area contributed by atoms with Crippen LogP contribution in [0.3, 0.4) is 0 Å². The highest BCUT2D eigenvalue weighted by Crippen LogP contribution is 2.12. The highest BCUT2D eigenvalue weighted by atomic mass is 16.2. The van der Waals surface area contributed by atoms with E-state index in [0.717, 1.165) is 19.4 Å². The summed E-state index contributed by atoms with van der Waals surface area (Å²) in [7, 11) is 1.91. The maximum absolute atomic E-state index is 12.1. The van der Waals surface area contributed by atoms with Gasteiger partial charge in [-0.25, -0.2) is 0 Å². The van der Waals surface area contributed by atoms with E-state index in [9.17, 15) is 9.59 Å². The molecule has 1 aliphatic rings. The van der Waals surface area contributed by atoms with Gasteiger partial charge in [0.15, 0.2) is 0 Å². The van der Waals surface area contributed by atoms with Crippen molar-refractivity contribution in [3.8, 4) is 0 Å². The van der Waals surface area contributed by atoms with Gasteiger partial charge in [-0.05, 0) is 26.0 Å². The molecule has 0 aliphatic carbocycles. The molecule has 0 aromatic carbocycles. The number of aromatic nitrogens is 1. The number of rotatable bonds is 2. The van der Waals surface area contributed by atoms with E-state index in [0.29, 0.717) is 18.3 Å². The Balaban J connectivity index is 2.12. The van der Waals surface area contributed by atoms with Crippen molar-refractivity contribution in [2.75, 3.05) is 20.1 Å². The topological polar surface area (TPSA) is 65.2 Å². The molecule has 5 nitrogen and oxygen atoms in total. The van der Waals surface area contributed by atoms with Crippen molar-refractivity contribution in [1.29, 1.82) is 0 Å². The summed E-state index contributed by atoms with van der Waals surface area (Å²) in [5.41, 5.74) is 0.132. The van der Waals surface area contributed by atoms with Gasteiger partial charge in [0.25, 0.3) is 5.91 Å². The number of hydrogen-bond donors (Lipinski definition) is 2. The fourth-order valence-corrected chi connectivity index (χ4v) is 2.14. The minimum atomic E-state index is -0.238. The Morgan fingerprint density at radius 1 is 1.53 bits per heavy atom. The van der Waals surface area contributed by atoms with E-state index in [-0.39, 0.29) is 11.5 Å². The van der Waals surface area contributed by atoms with E-state index in [1.165, 1.54) is 6.07 Å². The van der Waals surface area contributed by atoms with E-state index < -0.39 is 0 Å². The number of pyridine rings is 1. The predicted molar refractivity (Wildman–Crippen MR) is 65.0 cm³/mol. The van der Waals surface area contributed by atoms with Crippen molar-refractivity contribution in [1.82, 2.24) is 15.2 Å². The minimum absolute atomic E-state index is 0.0948. The van der Waals surface area contributed by atoms with Crippen LogP contribution < -0.4 is 10.9 Å². The summed E-state index contributed by atoms with van der Waals surface area (Å²) in [6.07, 6.45) is 2.08. The summed E-state index contributed by atoms with van der Waals surface area (Å²) in [6, 6.07) is 5.00. The Labute approximate surface area is 99.8 Å². The molecule has 1 atom stereocenters. The summed E-state index contributed by atoms with van der Waals surface area (Å²) >= 11 is 0. The molecule has 0 spiro atoms. The molecule has 5 heteroatoms. The van der Waals surface area contributed by atoms with Crippen LogP contribution in [0.25, 0.3) is 0 Å². The Hall–Kier alpha value is -1.62. The van der Waals surface area contributed by atoms with Gasteiger partial charge in [-0.1, -0.05) is 6.07 Å². The third-order valence-corrected chi connectivity index (χ3v) is 3.12. The molecule has 0 bridgehead atoms. The average molecular weight is 235 g/mol. The number of carbonyl (C=O) groups is 1. The standard InChI is InChI=1S/C12H17N3O2/c1-13-9-4-3-7-15(8-9)12(17)10-5-2-6-11(16)14-10/h2,5-6,9,13H,3-4,7-8H2,1H3,(H,14,16). The molecule has 0 saturated carbocycles.